The van der Waals surface area contributed by atoms with Gasteiger partial charge in [0.2, 0.25) is 0 Å². The predicted octanol–water partition coefficient (Wildman–Crippen LogP) is 3.32. The standard InChI is InChI=1S/C19H15ClN4O2/c20-15-1-2-17-16(9-15)18(14(10-21)11-22-17)23-4-6-24(7-5-23)19(25)13-3-8-26-12-13/h1-3,8-9,11-12H,4-7H2. The van der Waals surface area contributed by atoms with Crippen LogP contribution in [0.2, 0.25) is 5.02 Å². The predicted molar refractivity (Wildman–Crippen MR) is 98.3 cm³/mol. The Labute approximate surface area is 155 Å². The number of furan rings is 1. The van der Waals surface area contributed by atoms with E-state index in [2.05, 4.69) is 16.0 Å². The molecule has 4 rings (SSSR count). The largest absolute Gasteiger partial charge is 0.472 e. The molecule has 0 radical (unpaired) electrons. The Morgan fingerprint density at radius 3 is 2.73 bits per heavy atom. The smallest absolute Gasteiger partial charge is 0.257 e. The van der Waals surface area contributed by atoms with Crippen LogP contribution in [0.1, 0.15) is 15.9 Å². The molecule has 0 saturated carbocycles. The van der Waals surface area contributed by atoms with Gasteiger partial charge in [-0.1, -0.05) is 11.6 Å². The molecule has 1 aliphatic rings. The van der Waals surface area contributed by atoms with Gasteiger partial charge in [-0.15, -0.1) is 0 Å². The Balaban J connectivity index is 1.62. The lowest BCUT2D eigenvalue weighted by Crippen LogP contribution is -2.49. The number of carbonyl (C=O) groups is 1. The number of rotatable bonds is 2. The number of fused-ring (bicyclic) bond motifs is 1. The Kier molecular flexibility index (Phi) is 4.23. The summed E-state index contributed by atoms with van der Waals surface area (Å²) in [6.07, 6.45) is 4.55. The van der Waals surface area contributed by atoms with Crippen molar-refractivity contribution >= 4 is 34.1 Å². The molecule has 0 N–H and O–H groups in total. The maximum absolute atomic E-state index is 12.5. The minimum Gasteiger partial charge on any atom is -0.472 e. The van der Waals surface area contributed by atoms with Gasteiger partial charge in [-0.05, 0) is 24.3 Å². The van der Waals surface area contributed by atoms with Gasteiger partial charge >= 0.3 is 0 Å². The molecule has 3 aromatic rings. The Hall–Kier alpha value is -3.04. The van der Waals surface area contributed by atoms with Crippen LogP contribution in [0.5, 0.6) is 0 Å². The zero-order chi connectivity index (χ0) is 18.1. The number of benzene rings is 1. The van der Waals surface area contributed by atoms with Gasteiger partial charge in [0.05, 0.1) is 28.6 Å². The Morgan fingerprint density at radius 2 is 2.04 bits per heavy atom. The molecule has 6 nitrogen and oxygen atoms in total. The summed E-state index contributed by atoms with van der Waals surface area (Å²) in [6, 6.07) is 9.36. The molecule has 2 aromatic heterocycles. The molecule has 1 saturated heterocycles. The van der Waals surface area contributed by atoms with Gasteiger partial charge in [-0.25, -0.2) is 0 Å². The third-order valence-corrected chi connectivity index (χ3v) is 4.81. The van der Waals surface area contributed by atoms with Crippen LogP contribution in [0, 0.1) is 11.3 Å². The van der Waals surface area contributed by atoms with E-state index in [4.69, 9.17) is 16.0 Å². The molecule has 0 atom stereocenters. The number of aromatic nitrogens is 1. The van der Waals surface area contributed by atoms with Crippen LogP contribution in [-0.2, 0) is 0 Å². The molecule has 130 valence electrons. The van der Waals surface area contributed by atoms with Gasteiger partial charge in [0.25, 0.3) is 5.91 Å². The molecule has 26 heavy (non-hydrogen) atoms. The molecule has 1 fully saturated rings. The summed E-state index contributed by atoms with van der Waals surface area (Å²) < 4.78 is 4.99. The number of nitrogens with zero attached hydrogens (tertiary/aromatic N) is 4. The summed E-state index contributed by atoms with van der Waals surface area (Å²) in [4.78, 5) is 20.7. The first-order chi connectivity index (χ1) is 12.7. The average molecular weight is 367 g/mol. The fourth-order valence-corrected chi connectivity index (χ4v) is 3.45. The molecule has 7 heteroatoms. The molecule has 1 aliphatic heterocycles. The molecule has 0 unspecified atom stereocenters. The molecule has 0 aliphatic carbocycles. The highest BCUT2D eigenvalue weighted by atomic mass is 35.5. The first kappa shape index (κ1) is 16.4. The van der Waals surface area contributed by atoms with Crippen LogP contribution in [0.15, 0.2) is 47.4 Å². The second-order valence-electron chi connectivity index (χ2n) is 6.09. The van der Waals surface area contributed by atoms with Crippen LogP contribution < -0.4 is 4.90 Å². The summed E-state index contributed by atoms with van der Waals surface area (Å²) in [5.41, 5.74) is 2.68. The van der Waals surface area contributed by atoms with Crippen molar-refractivity contribution < 1.29 is 9.21 Å². The van der Waals surface area contributed by atoms with Gasteiger partial charge in [0, 0.05) is 42.8 Å². The van der Waals surface area contributed by atoms with E-state index in [-0.39, 0.29) is 5.91 Å². The maximum atomic E-state index is 12.5. The lowest BCUT2D eigenvalue weighted by atomic mass is 10.1. The van der Waals surface area contributed by atoms with Gasteiger partial charge in [-0.3, -0.25) is 9.78 Å². The lowest BCUT2D eigenvalue weighted by Gasteiger charge is -2.36. The Morgan fingerprint density at radius 1 is 1.23 bits per heavy atom. The van der Waals surface area contributed by atoms with E-state index in [9.17, 15) is 10.1 Å². The van der Waals surface area contributed by atoms with E-state index >= 15 is 0 Å². The molecule has 0 spiro atoms. The number of amides is 1. The number of pyridine rings is 1. The zero-order valence-electron chi connectivity index (χ0n) is 13.9. The summed E-state index contributed by atoms with van der Waals surface area (Å²) in [6.45, 7) is 2.40. The van der Waals surface area contributed by atoms with Gasteiger partial charge in [-0.2, -0.15) is 5.26 Å². The second-order valence-corrected chi connectivity index (χ2v) is 6.52. The molecule has 0 bridgehead atoms. The summed E-state index contributed by atoms with van der Waals surface area (Å²) in [7, 11) is 0. The molecule has 1 aromatic carbocycles. The van der Waals surface area contributed by atoms with Crippen LogP contribution in [0.4, 0.5) is 5.69 Å². The molecular weight excluding hydrogens is 352 g/mol. The average Bonchev–Trinajstić information content (AvgIpc) is 3.21. The first-order valence-electron chi connectivity index (χ1n) is 8.22. The van der Waals surface area contributed by atoms with Gasteiger partial charge in [0.15, 0.2) is 0 Å². The highest BCUT2D eigenvalue weighted by molar-refractivity contribution is 6.31. The van der Waals surface area contributed by atoms with E-state index in [1.807, 2.05) is 12.1 Å². The highest BCUT2D eigenvalue weighted by Crippen LogP contribution is 2.32. The fourth-order valence-electron chi connectivity index (χ4n) is 3.28. The zero-order valence-corrected chi connectivity index (χ0v) is 14.6. The quantitative estimate of drug-likeness (QED) is 0.695. The minimum atomic E-state index is -0.0402. The number of anilines is 1. The third-order valence-electron chi connectivity index (χ3n) is 4.57. The van der Waals surface area contributed by atoms with Crippen molar-refractivity contribution in [2.75, 3.05) is 31.1 Å². The number of halogens is 1. The van der Waals surface area contributed by atoms with Crippen LogP contribution in [0.25, 0.3) is 10.9 Å². The number of hydrogen-bond acceptors (Lipinski definition) is 5. The van der Waals surface area contributed by atoms with Crippen LogP contribution in [0.3, 0.4) is 0 Å². The van der Waals surface area contributed by atoms with E-state index in [1.165, 1.54) is 12.5 Å². The minimum absolute atomic E-state index is 0.0402. The number of nitriles is 1. The van der Waals surface area contributed by atoms with Crippen molar-refractivity contribution in [1.29, 1.82) is 5.26 Å². The van der Waals surface area contributed by atoms with Gasteiger partial charge in [0.1, 0.15) is 12.3 Å². The number of carbonyl (C=O) groups excluding carboxylic acids is 1. The van der Waals surface area contributed by atoms with Crippen molar-refractivity contribution in [3.63, 3.8) is 0 Å². The van der Waals surface area contributed by atoms with Crippen molar-refractivity contribution in [2.24, 2.45) is 0 Å². The molecular formula is C19H15ClN4O2. The molecule has 1 amide bonds. The van der Waals surface area contributed by atoms with Crippen molar-refractivity contribution in [3.05, 3.63) is 59.1 Å². The van der Waals surface area contributed by atoms with E-state index in [1.54, 1.807) is 23.2 Å². The second kappa shape index (κ2) is 6.70. The van der Waals surface area contributed by atoms with Crippen molar-refractivity contribution in [3.8, 4) is 6.07 Å². The summed E-state index contributed by atoms with van der Waals surface area (Å²) >= 11 is 6.16. The third kappa shape index (κ3) is 2.87. The number of hydrogen-bond donors (Lipinski definition) is 0. The topological polar surface area (TPSA) is 73.4 Å². The van der Waals surface area contributed by atoms with E-state index in [0.29, 0.717) is 42.3 Å². The van der Waals surface area contributed by atoms with Crippen molar-refractivity contribution in [2.45, 2.75) is 0 Å². The molecule has 3 heterocycles. The highest BCUT2D eigenvalue weighted by Gasteiger charge is 2.25. The van der Waals surface area contributed by atoms with E-state index < -0.39 is 0 Å². The van der Waals surface area contributed by atoms with E-state index in [0.717, 1.165) is 16.6 Å². The number of piperazine rings is 1. The summed E-state index contributed by atoms with van der Waals surface area (Å²) in [5, 5.41) is 11.0. The summed E-state index contributed by atoms with van der Waals surface area (Å²) in [5.74, 6) is -0.0402. The first-order valence-corrected chi connectivity index (χ1v) is 8.60. The fraction of sp³-hybridized carbons (Fsp3) is 0.211. The lowest BCUT2D eigenvalue weighted by molar-refractivity contribution is 0.0746. The monoisotopic (exact) mass is 366 g/mol. The SMILES string of the molecule is N#Cc1cnc2ccc(Cl)cc2c1N1CCN(C(=O)c2ccoc2)CC1. The van der Waals surface area contributed by atoms with Crippen LogP contribution in [-0.4, -0.2) is 42.0 Å². The van der Waals surface area contributed by atoms with Gasteiger partial charge < -0.3 is 14.2 Å². The normalized spacial score (nSPS) is 14.5. The Bertz CT molecular complexity index is 1000. The maximum Gasteiger partial charge on any atom is 0.257 e. The van der Waals surface area contributed by atoms with Crippen molar-refractivity contribution in [1.82, 2.24) is 9.88 Å². The van der Waals surface area contributed by atoms with Crippen LogP contribution >= 0.6 is 11.6 Å².